The Morgan fingerprint density at radius 1 is 1.57 bits per heavy atom. The molecule has 3 atom stereocenters. The number of nitrogens with zero attached hydrogens (tertiary/aromatic N) is 3. The van der Waals surface area contributed by atoms with Crippen LogP contribution in [0.5, 0.6) is 0 Å². The number of aliphatic hydroxyl groups excluding tert-OH is 1. The number of rotatable bonds is 4. The number of ether oxygens (including phenoxy) is 1. The molecule has 126 valence electrons. The molecule has 1 saturated carbocycles. The second-order valence-corrected chi connectivity index (χ2v) is 7.26. The molecule has 1 aliphatic carbocycles. The van der Waals surface area contributed by atoms with Gasteiger partial charge < -0.3 is 14.7 Å². The van der Waals surface area contributed by atoms with Crippen LogP contribution in [0.3, 0.4) is 0 Å². The van der Waals surface area contributed by atoms with Gasteiger partial charge in [-0.1, -0.05) is 11.8 Å². The molecule has 23 heavy (non-hydrogen) atoms. The van der Waals surface area contributed by atoms with Crippen molar-refractivity contribution >= 4 is 17.7 Å². The lowest BCUT2D eigenvalue weighted by atomic mass is 9.79. The summed E-state index contributed by atoms with van der Waals surface area (Å²) in [5.41, 5.74) is 0.615. The van der Waals surface area contributed by atoms with Gasteiger partial charge in [-0.2, -0.15) is 0 Å². The number of hydrogen-bond donors (Lipinski definition) is 1. The number of likely N-dealkylation sites (tertiary alicyclic amines) is 1. The third-order valence-electron chi connectivity index (χ3n) is 4.98. The van der Waals surface area contributed by atoms with Crippen LogP contribution in [-0.4, -0.2) is 63.0 Å². The first-order valence-electron chi connectivity index (χ1n) is 7.99. The number of carbonyl (C=O) groups excluding carboxylic acids is 1. The predicted molar refractivity (Wildman–Crippen MR) is 87.2 cm³/mol. The Labute approximate surface area is 140 Å². The first-order chi connectivity index (χ1) is 11.0. The normalized spacial score (nSPS) is 30.3. The van der Waals surface area contributed by atoms with Gasteiger partial charge in [0.1, 0.15) is 0 Å². The fourth-order valence-electron chi connectivity index (χ4n) is 3.68. The maximum atomic E-state index is 12.6. The minimum absolute atomic E-state index is 0.0252. The SMILES string of the molecule is CO[C@@]12CC[C@@H](O)C[C@@H]1N(C(=O)CSc1nccc(C)n1)CC2. The van der Waals surface area contributed by atoms with E-state index in [1.165, 1.54) is 11.8 Å². The molecule has 2 fully saturated rings. The van der Waals surface area contributed by atoms with Gasteiger partial charge in [-0.25, -0.2) is 9.97 Å². The number of methoxy groups -OCH3 is 1. The fraction of sp³-hybridized carbons (Fsp3) is 0.688. The molecule has 1 aliphatic heterocycles. The third kappa shape index (κ3) is 3.36. The number of fused-ring (bicyclic) bond motifs is 1. The summed E-state index contributed by atoms with van der Waals surface area (Å²) in [7, 11) is 1.72. The second-order valence-electron chi connectivity index (χ2n) is 6.32. The number of aliphatic hydroxyl groups is 1. The highest BCUT2D eigenvalue weighted by molar-refractivity contribution is 7.99. The van der Waals surface area contributed by atoms with E-state index in [-0.39, 0.29) is 23.7 Å². The maximum Gasteiger partial charge on any atom is 0.233 e. The van der Waals surface area contributed by atoms with E-state index in [4.69, 9.17) is 4.74 Å². The lowest BCUT2D eigenvalue weighted by molar-refractivity contribution is -0.137. The molecule has 6 nitrogen and oxygen atoms in total. The van der Waals surface area contributed by atoms with E-state index in [1.54, 1.807) is 13.3 Å². The predicted octanol–water partition coefficient (Wildman–Crippen LogP) is 1.41. The van der Waals surface area contributed by atoms with Crippen molar-refractivity contribution in [2.24, 2.45) is 0 Å². The summed E-state index contributed by atoms with van der Waals surface area (Å²) in [5.74, 6) is 0.383. The Bertz CT molecular complexity index is 585. The van der Waals surface area contributed by atoms with Crippen LogP contribution in [0.25, 0.3) is 0 Å². The summed E-state index contributed by atoms with van der Waals surface area (Å²) in [6.07, 6.45) is 4.37. The molecule has 1 saturated heterocycles. The lowest BCUT2D eigenvalue weighted by Crippen LogP contribution is -2.53. The van der Waals surface area contributed by atoms with Gasteiger partial charge in [-0.05, 0) is 38.7 Å². The van der Waals surface area contributed by atoms with Gasteiger partial charge in [-0.3, -0.25) is 4.79 Å². The molecule has 1 aromatic heterocycles. The Morgan fingerprint density at radius 2 is 2.39 bits per heavy atom. The van der Waals surface area contributed by atoms with Crippen LogP contribution in [0.15, 0.2) is 17.4 Å². The topological polar surface area (TPSA) is 75.6 Å². The van der Waals surface area contributed by atoms with Gasteiger partial charge in [0, 0.05) is 25.5 Å². The number of aryl methyl sites for hydroxylation is 1. The molecule has 1 N–H and O–H groups in total. The summed E-state index contributed by atoms with van der Waals surface area (Å²) in [6, 6.07) is 1.81. The number of carbonyl (C=O) groups is 1. The number of aromatic nitrogens is 2. The van der Waals surface area contributed by atoms with Crippen molar-refractivity contribution in [2.75, 3.05) is 19.4 Å². The van der Waals surface area contributed by atoms with E-state index in [0.717, 1.165) is 25.0 Å². The van der Waals surface area contributed by atoms with Gasteiger partial charge in [0.15, 0.2) is 5.16 Å². The Morgan fingerprint density at radius 3 is 3.13 bits per heavy atom. The maximum absolute atomic E-state index is 12.6. The van der Waals surface area contributed by atoms with E-state index in [2.05, 4.69) is 9.97 Å². The van der Waals surface area contributed by atoms with Crippen molar-refractivity contribution in [3.05, 3.63) is 18.0 Å². The molecule has 2 heterocycles. The zero-order chi connectivity index (χ0) is 16.4. The first kappa shape index (κ1) is 16.7. The molecule has 3 rings (SSSR count). The molecular weight excluding hydrogens is 314 g/mol. The van der Waals surface area contributed by atoms with Crippen LogP contribution in [0.1, 0.15) is 31.4 Å². The molecule has 2 aliphatic rings. The second kappa shape index (κ2) is 6.75. The van der Waals surface area contributed by atoms with Crippen molar-refractivity contribution in [2.45, 2.75) is 55.5 Å². The van der Waals surface area contributed by atoms with E-state index >= 15 is 0 Å². The van der Waals surface area contributed by atoms with E-state index in [1.807, 2.05) is 17.9 Å². The largest absolute Gasteiger partial charge is 0.393 e. The van der Waals surface area contributed by atoms with Crippen molar-refractivity contribution in [1.29, 1.82) is 0 Å². The van der Waals surface area contributed by atoms with Gasteiger partial charge in [0.25, 0.3) is 0 Å². The summed E-state index contributed by atoms with van der Waals surface area (Å²) in [6.45, 7) is 2.60. The highest BCUT2D eigenvalue weighted by Crippen LogP contribution is 2.42. The molecular formula is C16H23N3O3S. The van der Waals surface area contributed by atoms with Crippen LogP contribution in [-0.2, 0) is 9.53 Å². The summed E-state index contributed by atoms with van der Waals surface area (Å²) in [5, 5.41) is 10.6. The summed E-state index contributed by atoms with van der Waals surface area (Å²) in [4.78, 5) is 23.0. The highest BCUT2D eigenvalue weighted by atomic mass is 32.2. The molecule has 0 radical (unpaired) electrons. The quantitative estimate of drug-likeness (QED) is 0.661. The molecule has 0 unspecified atom stereocenters. The van der Waals surface area contributed by atoms with Gasteiger partial charge in [-0.15, -0.1) is 0 Å². The van der Waals surface area contributed by atoms with Gasteiger partial charge >= 0.3 is 0 Å². The minimum Gasteiger partial charge on any atom is -0.393 e. The molecule has 0 aromatic carbocycles. The van der Waals surface area contributed by atoms with Crippen LogP contribution in [0, 0.1) is 6.92 Å². The van der Waals surface area contributed by atoms with Crippen LogP contribution >= 0.6 is 11.8 Å². The summed E-state index contributed by atoms with van der Waals surface area (Å²) < 4.78 is 5.77. The van der Waals surface area contributed by atoms with Gasteiger partial charge in [0.05, 0.1) is 23.5 Å². The molecule has 1 amide bonds. The van der Waals surface area contributed by atoms with Crippen molar-refractivity contribution < 1.29 is 14.6 Å². The van der Waals surface area contributed by atoms with Crippen LogP contribution in [0.4, 0.5) is 0 Å². The first-order valence-corrected chi connectivity index (χ1v) is 8.98. The average Bonchev–Trinajstić information content (AvgIpc) is 2.92. The van der Waals surface area contributed by atoms with Crippen molar-refractivity contribution in [1.82, 2.24) is 14.9 Å². The zero-order valence-electron chi connectivity index (χ0n) is 13.6. The van der Waals surface area contributed by atoms with Crippen LogP contribution < -0.4 is 0 Å². The van der Waals surface area contributed by atoms with Crippen molar-refractivity contribution in [3.8, 4) is 0 Å². The highest BCUT2D eigenvalue weighted by Gasteiger charge is 2.52. The number of hydrogen-bond acceptors (Lipinski definition) is 6. The van der Waals surface area contributed by atoms with Crippen LogP contribution in [0.2, 0.25) is 0 Å². The Hall–Kier alpha value is -1.18. The lowest BCUT2D eigenvalue weighted by Gasteiger charge is -2.42. The van der Waals surface area contributed by atoms with E-state index in [0.29, 0.717) is 23.9 Å². The summed E-state index contributed by atoms with van der Waals surface area (Å²) >= 11 is 1.36. The van der Waals surface area contributed by atoms with E-state index < -0.39 is 0 Å². The number of thioether (sulfide) groups is 1. The van der Waals surface area contributed by atoms with Gasteiger partial charge in [0.2, 0.25) is 5.91 Å². The Balaban J connectivity index is 1.65. The van der Waals surface area contributed by atoms with E-state index in [9.17, 15) is 9.90 Å². The molecule has 1 aromatic rings. The Kier molecular flexibility index (Phi) is 4.89. The monoisotopic (exact) mass is 337 g/mol. The van der Waals surface area contributed by atoms with Crippen molar-refractivity contribution in [3.63, 3.8) is 0 Å². The molecule has 7 heteroatoms. The zero-order valence-corrected chi connectivity index (χ0v) is 14.4. The fourth-order valence-corrected chi connectivity index (χ4v) is 4.44. The third-order valence-corrected chi connectivity index (χ3v) is 5.83. The molecule has 0 bridgehead atoms. The standard InChI is InChI=1S/C16H23N3O3S/c1-11-4-7-17-15(18-11)23-10-14(21)19-8-6-16(22-2)5-3-12(20)9-13(16)19/h4,7,12-13,20H,3,5-6,8-10H2,1-2H3/t12-,13+,16-/m1/s1. The minimum atomic E-state index is -0.343. The average molecular weight is 337 g/mol. The number of amides is 1. The smallest absolute Gasteiger partial charge is 0.233 e. The molecule has 0 spiro atoms.